The predicted molar refractivity (Wildman–Crippen MR) is 165 cm³/mol. The molecule has 4 aliphatic rings. The van der Waals surface area contributed by atoms with Crippen molar-refractivity contribution in [3.8, 4) is 0 Å². The fraction of sp³-hybridized carbons (Fsp3) is 0.647. The first-order valence-corrected chi connectivity index (χ1v) is 15.8. The maximum Gasteiger partial charge on any atom is 0.338 e. The highest BCUT2D eigenvalue weighted by atomic mass is 16.6. The van der Waals surface area contributed by atoms with Crippen LogP contribution in [-0.4, -0.2) is 77.3 Å². The van der Waals surface area contributed by atoms with Crippen LogP contribution in [0.15, 0.2) is 46.6 Å². The van der Waals surface area contributed by atoms with E-state index in [1.54, 1.807) is 51.1 Å². The first kappa shape index (κ1) is 34.4. The van der Waals surface area contributed by atoms with Crippen molar-refractivity contribution in [1.29, 1.82) is 0 Å². The first-order valence-electron chi connectivity index (χ1n) is 15.8. The van der Waals surface area contributed by atoms with Crippen molar-refractivity contribution >= 4 is 23.9 Å². The molecule has 0 amide bonds. The molecule has 0 aromatic heterocycles. The Bertz CT molecular complexity index is 1550. The van der Waals surface area contributed by atoms with Gasteiger partial charge >= 0.3 is 23.9 Å². The van der Waals surface area contributed by atoms with Crippen molar-refractivity contribution in [1.82, 2.24) is 0 Å². The molecule has 254 valence electrons. The summed E-state index contributed by atoms with van der Waals surface area (Å²) in [5.41, 5.74) is 5.10. The van der Waals surface area contributed by atoms with Gasteiger partial charge in [-0.15, -0.1) is 0 Å². The molecule has 3 fully saturated rings. The van der Waals surface area contributed by atoms with Gasteiger partial charge in [-0.3, -0.25) is 14.4 Å². The zero-order valence-corrected chi connectivity index (χ0v) is 28.0. The second-order valence-electron chi connectivity index (χ2n) is 14.1. The van der Waals surface area contributed by atoms with Crippen molar-refractivity contribution in [2.75, 3.05) is 6.61 Å². The minimum Gasteiger partial charge on any atom is -0.458 e. The minimum absolute atomic E-state index is 0.0869. The van der Waals surface area contributed by atoms with Gasteiger partial charge < -0.3 is 28.8 Å². The summed E-state index contributed by atoms with van der Waals surface area (Å²) in [5, 5.41) is 17.7. The molecule has 0 radical (unpaired) electrons. The Hall–Kier alpha value is -3.93. The highest BCUT2D eigenvalue weighted by Gasteiger charge is 2.77. The molecule has 2 bridgehead atoms. The molecule has 5 rings (SSSR count). The van der Waals surface area contributed by atoms with Crippen LogP contribution < -0.4 is 0 Å². The standard InChI is InChI=1S/C34H43N3O10/c1-17-14-24-33(16-43-24,47-21(5)40)27-29(46-30(41)22-12-10-9-11-13-22)34(42)15-23(44-19(3)38)18(2)25(31(34,6)7)26(45-20(4)39)28(36-37-35)32(17,27)8/h9-13,17,23-24,26-29,42H,14-16H2,1-8H3/t17-,23-,24+,26+,27-,28+,29-,32+,33-,34+/m0/s1. The molecule has 1 heterocycles. The minimum atomic E-state index is -2.03. The number of nitrogens with zero attached hydrogens (tertiary/aromatic N) is 3. The fourth-order valence-electron chi connectivity index (χ4n) is 9.01. The Morgan fingerprint density at radius 2 is 1.64 bits per heavy atom. The Kier molecular flexibility index (Phi) is 8.75. The molecule has 0 unspecified atom stereocenters. The number of fused-ring (bicyclic) bond motifs is 5. The van der Waals surface area contributed by atoms with Gasteiger partial charge in [-0.25, -0.2) is 4.79 Å². The normalized spacial score (nSPS) is 38.4. The number of aliphatic hydroxyl groups is 1. The van der Waals surface area contributed by atoms with Gasteiger partial charge in [-0.05, 0) is 53.5 Å². The average molecular weight is 654 g/mol. The summed E-state index contributed by atoms with van der Waals surface area (Å²) in [6, 6.07) is 7.11. The predicted octanol–water partition coefficient (Wildman–Crippen LogP) is 4.61. The number of esters is 4. The second-order valence-corrected chi connectivity index (χ2v) is 14.1. The third-order valence-electron chi connectivity index (χ3n) is 11.4. The van der Waals surface area contributed by atoms with Crippen LogP contribution in [0.3, 0.4) is 0 Å². The van der Waals surface area contributed by atoms with E-state index in [1.807, 2.05) is 13.8 Å². The van der Waals surface area contributed by atoms with Crippen molar-refractivity contribution in [2.24, 2.45) is 27.8 Å². The monoisotopic (exact) mass is 653 g/mol. The highest BCUT2D eigenvalue weighted by molar-refractivity contribution is 5.89. The lowest BCUT2D eigenvalue weighted by molar-refractivity contribution is -0.349. The Morgan fingerprint density at radius 1 is 1.00 bits per heavy atom. The number of rotatable bonds is 6. The molecule has 47 heavy (non-hydrogen) atoms. The van der Waals surface area contributed by atoms with E-state index in [-0.39, 0.29) is 24.5 Å². The molecular formula is C34H43N3O10. The number of ether oxygens (including phenoxy) is 5. The molecule has 1 aliphatic heterocycles. The molecular weight excluding hydrogens is 610 g/mol. The van der Waals surface area contributed by atoms with E-state index in [4.69, 9.17) is 23.7 Å². The lowest BCUT2D eigenvalue weighted by atomic mass is 9.42. The van der Waals surface area contributed by atoms with Crippen LogP contribution in [0.1, 0.15) is 78.6 Å². The van der Waals surface area contributed by atoms with Crippen LogP contribution >= 0.6 is 0 Å². The van der Waals surface area contributed by atoms with Gasteiger partial charge in [0.2, 0.25) is 0 Å². The summed E-state index contributed by atoms with van der Waals surface area (Å²) in [7, 11) is 0. The van der Waals surface area contributed by atoms with Gasteiger partial charge in [0, 0.05) is 43.4 Å². The number of hydrogen-bond acceptors (Lipinski definition) is 11. The maximum atomic E-state index is 14.0. The summed E-state index contributed by atoms with van der Waals surface area (Å²) in [6.45, 7) is 12.6. The van der Waals surface area contributed by atoms with Gasteiger partial charge in [0.05, 0.1) is 18.2 Å². The van der Waals surface area contributed by atoms with Crippen LogP contribution in [0.5, 0.6) is 0 Å². The topological polar surface area (TPSA) is 183 Å². The summed E-state index contributed by atoms with van der Waals surface area (Å²) in [6.07, 6.45) is -4.21. The number of benzene rings is 1. The number of carbonyl (C=O) groups is 4. The summed E-state index contributed by atoms with van der Waals surface area (Å²) in [5.74, 6) is -4.09. The number of azide groups is 1. The lowest BCUT2D eigenvalue weighted by Crippen LogP contribution is -2.81. The molecule has 0 spiro atoms. The van der Waals surface area contributed by atoms with Crippen molar-refractivity contribution in [3.63, 3.8) is 0 Å². The molecule has 10 atom stereocenters. The summed E-state index contributed by atoms with van der Waals surface area (Å²) >= 11 is 0. The number of hydrogen-bond donors (Lipinski definition) is 1. The van der Waals surface area contributed by atoms with Crippen molar-refractivity contribution < 1.29 is 48.0 Å². The SMILES string of the molecule is CC(=O)O[C@H]1C[C@@]2(O)[C@@H](OC(=O)c3ccccc3)[C@@H]3[C@]4(OC(C)=O)CO[C@@H]4C[C@H](C)[C@@]3(C)[C@H](N=[N+]=[N-])[C@H](OC(C)=O)C(=C1C)C2(C)C. The largest absolute Gasteiger partial charge is 0.458 e. The quantitative estimate of drug-likeness (QED) is 0.114. The molecule has 1 N–H and O–H groups in total. The van der Waals surface area contributed by atoms with Crippen molar-refractivity contribution in [2.45, 2.75) is 110 Å². The molecule has 1 aromatic rings. The highest BCUT2D eigenvalue weighted by Crippen LogP contribution is 2.67. The molecule has 1 aromatic carbocycles. The lowest BCUT2D eigenvalue weighted by Gasteiger charge is -2.69. The van der Waals surface area contributed by atoms with Gasteiger partial charge in [-0.2, -0.15) is 0 Å². The van der Waals surface area contributed by atoms with E-state index >= 15 is 0 Å². The Labute approximate surface area is 273 Å². The van der Waals surface area contributed by atoms with E-state index in [1.165, 1.54) is 20.8 Å². The third-order valence-corrected chi connectivity index (χ3v) is 11.4. The van der Waals surface area contributed by atoms with Crippen LogP contribution in [0.4, 0.5) is 0 Å². The first-order chi connectivity index (χ1) is 22.0. The van der Waals surface area contributed by atoms with E-state index < -0.39 is 82.3 Å². The average Bonchev–Trinajstić information content (AvgIpc) is 2.97. The molecule has 1 saturated heterocycles. The van der Waals surface area contributed by atoms with E-state index in [9.17, 15) is 29.8 Å². The maximum absolute atomic E-state index is 14.0. The van der Waals surface area contributed by atoms with Crippen molar-refractivity contribution in [3.05, 3.63) is 57.5 Å². The van der Waals surface area contributed by atoms with Crippen LogP contribution in [0.2, 0.25) is 0 Å². The second kappa shape index (κ2) is 11.9. The summed E-state index contributed by atoms with van der Waals surface area (Å²) in [4.78, 5) is 55.4. The Balaban J connectivity index is 1.91. The summed E-state index contributed by atoms with van der Waals surface area (Å²) < 4.78 is 30.5. The van der Waals surface area contributed by atoms with Gasteiger partial charge in [0.1, 0.15) is 30.0 Å². The van der Waals surface area contributed by atoms with Crippen LogP contribution in [-0.2, 0) is 38.1 Å². The van der Waals surface area contributed by atoms with Gasteiger partial charge in [0.25, 0.3) is 0 Å². The van der Waals surface area contributed by atoms with Crippen LogP contribution in [0, 0.1) is 22.7 Å². The molecule has 13 nitrogen and oxygen atoms in total. The van der Waals surface area contributed by atoms with Gasteiger partial charge in [0.15, 0.2) is 5.60 Å². The number of carbonyl (C=O) groups excluding carboxylic acids is 4. The van der Waals surface area contributed by atoms with E-state index in [0.29, 0.717) is 17.6 Å². The third kappa shape index (κ3) is 5.19. The Morgan fingerprint density at radius 3 is 2.17 bits per heavy atom. The van der Waals surface area contributed by atoms with Crippen LogP contribution in [0.25, 0.3) is 10.4 Å². The van der Waals surface area contributed by atoms with E-state index in [0.717, 1.165) is 0 Å². The molecule has 13 heteroatoms. The van der Waals surface area contributed by atoms with Gasteiger partial charge in [-0.1, -0.05) is 51.0 Å². The van der Waals surface area contributed by atoms with E-state index in [2.05, 4.69) is 10.0 Å². The zero-order chi connectivity index (χ0) is 34.7. The molecule has 3 aliphatic carbocycles. The zero-order valence-electron chi connectivity index (χ0n) is 28.0. The fourth-order valence-corrected chi connectivity index (χ4v) is 9.01. The smallest absolute Gasteiger partial charge is 0.338 e. The molecule has 2 saturated carbocycles.